The Hall–Kier alpha value is -4.09. The van der Waals surface area contributed by atoms with Gasteiger partial charge in [-0.3, -0.25) is 0 Å². The second-order valence-corrected chi connectivity index (χ2v) is 8.38. The zero-order valence-electron chi connectivity index (χ0n) is 18.1. The van der Waals surface area contributed by atoms with Crippen LogP contribution < -0.4 is 0 Å². The van der Waals surface area contributed by atoms with Crippen LogP contribution in [0.25, 0.3) is 5.57 Å². The molecule has 1 atom stereocenters. The van der Waals surface area contributed by atoms with Crippen molar-refractivity contribution in [3.63, 3.8) is 0 Å². The number of hydrogen-bond donors (Lipinski definition) is 1. The van der Waals surface area contributed by atoms with Gasteiger partial charge in [0, 0.05) is 0 Å². The lowest BCUT2D eigenvalue weighted by Gasteiger charge is -2.32. The monoisotopic (exact) mass is 413 g/mol. The van der Waals surface area contributed by atoms with Crippen molar-refractivity contribution >= 4 is 5.57 Å². The van der Waals surface area contributed by atoms with E-state index in [0.717, 1.165) is 44.5 Å². The molecular weight excluding hydrogens is 390 g/mol. The third-order valence-corrected chi connectivity index (χ3v) is 6.56. The van der Waals surface area contributed by atoms with Crippen molar-refractivity contribution in [2.45, 2.75) is 19.3 Å². The Labute approximate surface area is 188 Å². The molecule has 5 rings (SSSR count). The molecule has 0 bridgehead atoms. The Kier molecular flexibility index (Phi) is 4.68. The molecule has 0 saturated heterocycles. The van der Waals surface area contributed by atoms with Gasteiger partial charge in [0.1, 0.15) is 5.75 Å². The van der Waals surface area contributed by atoms with Gasteiger partial charge in [0.25, 0.3) is 0 Å². The fourth-order valence-electron chi connectivity index (χ4n) is 5.05. The van der Waals surface area contributed by atoms with E-state index in [1.54, 1.807) is 0 Å². The van der Waals surface area contributed by atoms with Crippen LogP contribution in [0.4, 0.5) is 0 Å². The SMILES string of the molecule is Cc1cc2c(c(C)c1O)C(c1ccccc1)(c1ccc(C#N)cc1)C=C2c1ccccc1. The minimum absolute atomic E-state index is 0.334. The van der Waals surface area contributed by atoms with Gasteiger partial charge in [-0.05, 0) is 76.6 Å². The predicted octanol–water partition coefficient (Wildman–Crippen LogP) is 6.66. The third kappa shape index (κ3) is 2.87. The van der Waals surface area contributed by atoms with E-state index < -0.39 is 5.41 Å². The zero-order valence-corrected chi connectivity index (χ0v) is 18.1. The van der Waals surface area contributed by atoms with Crippen molar-refractivity contribution in [2.75, 3.05) is 0 Å². The molecule has 32 heavy (non-hydrogen) atoms. The van der Waals surface area contributed by atoms with Crippen molar-refractivity contribution < 1.29 is 5.11 Å². The minimum atomic E-state index is -0.578. The Balaban J connectivity index is 1.93. The summed E-state index contributed by atoms with van der Waals surface area (Å²) in [7, 11) is 0. The number of phenols is 1. The maximum atomic E-state index is 11.0. The highest BCUT2D eigenvalue weighted by molar-refractivity contribution is 5.91. The van der Waals surface area contributed by atoms with E-state index in [1.807, 2.05) is 50.2 Å². The maximum absolute atomic E-state index is 11.0. The number of aryl methyl sites for hydroxylation is 1. The molecule has 154 valence electrons. The van der Waals surface area contributed by atoms with Gasteiger partial charge in [-0.15, -0.1) is 0 Å². The second-order valence-electron chi connectivity index (χ2n) is 8.38. The van der Waals surface area contributed by atoms with Crippen LogP contribution in [0.2, 0.25) is 0 Å². The van der Waals surface area contributed by atoms with Gasteiger partial charge in [0.05, 0.1) is 17.0 Å². The molecular formula is C30H23NO. The van der Waals surface area contributed by atoms with E-state index in [1.165, 1.54) is 0 Å². The normalized spacial score (nSPS) is 16.8. The molecule has 0 aliphatic heterocycles. The highest BCUT2D eigenvalue weighted by atomic mass is 16.3. The number of allylic oxidation sites excluding steroid dienone is 1. The van der Waals surface area contributed by atoms with E-state index in [0.29, 0.717) is 11.3 Å². The molecule has 0 spiro atoms. The summed E-state index contributed by atoms with van der Waals surface area (Å²) < 4.78 is 0. The number of hydrogen-bond acceptors (Lipinski definition) is 2. The Morgan fingerprint density at radius 1 is 0.781 bits per heavy atom. The largest absolute Gasteiger partial charge is 0.507 e. The Morgan fingerprint density at radius 3 is 2.00 bits per heavy atom. The Bertz CT molecular complexity index is 1380. The fourth-order valence-corrected chi connectivity index (χ4v) is 5.05. The van der Waals surface area contributed by atoms with Gasteiger partial charge in [-0.25, -0.2) is 0 Å². The third-order valence-electron chi connectivity index (χ3n) is 6.56. The summed E-state index contributed by atoms with van der Waals surface area (Å²) in [6.07, 6.45) is 2.33. The molecule has 0 fully saturated rings. The molecule has 4 aromatic carbocycles. The first kappa shape index (κ1) is 19.8. The molecule has 2 nitrogen and oxygen atoms in total. The summed E-state index contributed by atoms with van der Waals surface area (Å²) in [5.41, 5.74) is 8.53. The smallest absolute Gasteiger partial charge is 0.121 e. The van der Waals surface area contributed by atoms with Crippen molar-refractivity contribution in [1.29, 1.82) is 5.26 Å². The molecule has 0 amide bonds. The molecule has 0 aromatic heterocycles. The quantitative estimate of drug-likeness (QED) is 0.408. The molecule has 4 aromatic rings. The van der Waals surface area contributed by atoms with Crippen molar-refractivity contribution in [3.05, 3.63) is 142 Å². The standard InChI is InChI=1S/C30H23NO/c1-20-17-26-27(23-9-5-3-6-10-23)18-30(24-11-7-4-8-12-24,28(26)21(2)29(20)32)25-15-13-22(19-31)14-16-25/h3-18,32H,1-2H3. The Morgan fingerprint density at radius 2 is 1.38 bits per heavy atom. The number of aromatic hydroxyl groups is 1. The van der Waals surface area contributed by atoms with Crippen molar-refractivity contribution in [2.24, 2.45) is 0 Å². The molecule has 0 radical (unpaired) electrons. The molecule has 0 heterocycles. The number of nitrogens with zero attached hydrogens (tertiary/aromatic N) is 1. The highest BCUT2D eigenvalue weighted by Crippen LogP contribution is 2.54. The number of fused-ring (bicyclic) bond motifs is 1. The van der Waals surface area contributed by atoms with Crippen LogP contribution in [-0.4, -0.2) is 5.11 Å². The summed E-state index contributed by atoms with van der Waals surface area (Å²) >= 11 is 0. The van der Waals surface area contributed by atoms with E-state index in [2.05, 4.69) is 66.7 Å². The summed E-state index contributed by atoms with van der Waals surface area (Å²) in [6, 6.07) is 33.0. The molecule has 1 N–H and O–H groups in total. The molecule has 1 unspecified atom stereocenters. The van der Waals surface area contributed by atoms with Crippen LogP contribution in [-0.2, 0) is 5.41 Å². The molecule has 1 aliphatic rings. The fraction of sp³-hybridized carbons (Fsp3) is 0.100. The van der Waals surface area contributed by atoms with Crippen LogP contribution in [0.5, 0.6) is 5.75 Å². The molecule has 1 aliphatic carbocycles. The first-order valence-corrected chi connectivity index (χ1v) is 10.7. The van der Waals surface area contributed by atoms with Crippen LogP contribution in [0.15, 0.2) is 97.1 Å². The van der Waals surface area contributed by atoms with Crippen LogP contribution in [0, 0.1) is 25.2 Å². The number of benzene rings is 4. The first-order valence-electron chi connectivity index (χ1n) is 10.7. The van der Waals surface area contributed by atoms with Crippen molar-refractivity contribution in [3.8, 4) is 11.8 Å². The van der Waals surface area contributed by atoms with Gasteiger partial charge in [-0.2, -0.15) is 5.26 Å². The van der Waals surface area contributed by atoms with Gasteiger partial charge in [-0.1, -0.05) is 78.9 Å². The summed E-state index contributed by atoms with van der Waals surface area (Å²) in [5, 5.41) is 20.3. The van der Waals surface area contributed by atoms with Crippen LogP contribution >= 0.6 is 0 Å². The van der Waals surface area contributed by atoms with E-state index in [-0.39, 0.29) is 0 Å². The number of phenolic OH excluding ortho intramolecular Hbond substituents is 1. The van der Waals surface area contributed by atoms with Crippen LogP contribution in [0.3, 0.4) is 0 Å². The minimum Gasteiger partial charge on any atom is -0.507 e. The maximum Gasteiger partial charge on any atom is 0.121 e. The lowest BCUT2D eigenvalue weighted by atomic mass is 9.69. The van der Waals surface area contributed by atoms with E-state index >= 15 is 0 Å². The summed E-state index contributed by atoms with van der Waals surface area (Å²) in [5.74, 6) is 0.334. The number of nitriles is 1. The summed E-state index contributed by atoms with van der Waals surface area (Å²) in [6.45, 7) is 3.96. The van der Waals surface area contributed by atoms with Gasteiger partial charge >= 0.3 is 0 Å². The zero-order chi connectivity index (χ0) is 22.3. The van der Waals surface area contributed by atoms with E-state index in [9.17, 15) is 10.4 Å². The second kappa shape index (κ2) is 7.55. The van der Waals surface area contributed by atoms with Gasteiger partial charge in [0.15, 0.2) is 0 Å². The van der Waals surface area contributed by atoms with E-state index in [4.69, 9.17) is 0 Å². The average molecular weight is 414 g/mol. The molecule has 2 heteroatoms. The number of rotatable bonds is 3. The average Bonchev–Trinajstić information content (AvgIpc) is 3.20. The summed E-state index contributed by atoms with van der Waals surface area (Å²) in [4.78, 5) is 0. The van der Waals surface area contributed by atoms with Gasteiger partial charge < -0.3 is 5.11 Å². The van der Waals surface area contributed by atoms with Crippen LogP contribution in [0.1, 0.15) is 44.5 Å². The van der Waals surface area contributed by atoms with Gasteiger partial charge in [0.2, 0.25) is 0 Å². The predicted molar refractivity (Wildman–Crippen MR) is 129 cm³/mol. The highest BCUT2D eigenvalue weighted by Gasteiger charge is 2.43. The lowest BCUT2D eigenvalue weighted by molar-refractivity contribution is 0.465. The first-order chi connectivity index (χ1) is 15.6. The molecule has 0 saturated carbocycles. The topological polar surface area (TPSA) is 44.0 Å². The van der Waals surface area contributed by atoms with Crippen molar-refractivity contribution in [1.82, 2.24) is 0 Å². The lowest BCUT2D eigenvalue weighted by Crippen LogP contribution is -2.26.